The van der Waals surface area contributed by atoms with Gasteiger partial charge in [0.2, 0.25) is 0 Å². The van der Waals surface area contributed by atoms with Gasteiger partial charge in [0.15, 0.2) is 0 Å². The maximum atomic E-state index is 11.7. The molecule has 0 aliphatic heterocycles. The van der Waals surface area contributed by atoms with Crippen molar-refractivity contribution >= 4 is 11.8 Å². The maximum Gasteiger partial charge on any atom is 0.428 e. The number of hydrazone groups is 1. The van der Waals surface area contributed by atoms with Gasteiger partial charge in [0.25, 0.3) is 0 Å². The van der Waals surface area contributed by atoms with Crippen molar-refractivity contribution < 1.29 is 9.90 Å². The number of amides is 1. The summed E-state index contributed by atoms with van der Waals surface area (Å²) in [4.78, 5) is 11.7. The third-order valence-electron chi connectivity index (χ3n) is 3.71. The van der Waals surface area contributed by atoms with Crippen molar-refractivity contribution in [2.45, 2.75) is 6.54 Å². The van der Waals surface area contributed by atoms with Crippen molar-refractivity contribution in [3.8, 4) is 0 Å². The van der Waals surface area contributed by atoms with Gasteiger partial charge in [-0.15, -0.1) is 0 Å². The molecule has 3 rings (SSSR count). The van der Waals surface area contributed by atoms with Crippen LogP contribution >= 0.6 is 0 Å². The highest BCUT2D eigenvalue weighted by Crippen LogP contribution is 2.14. The summed E-state index contributed by atoms with van der Waals surface area (Å²) in [6.07, 6.45) is -1.09. The van der Waals surface area contributed by atoms with Crippen molar-refractivity contribution in [2.24, 2.45) is 5.10 Å². The van der Waals surface area contributed by atoms with Crippen molar-refractivity contribution in [1.82, 2.24) is 5.01 Å². The first kappa shape index (κ1) is 16.5. The summed E-state index contributed by atoms with van der Waals surface area (Å²) in [5.41, 5.74) is 3.25. The third-order valence-corrected chi connectivity index (χ3v) is 3.71. The maximum absolute atomic E-state index is 11.7. The summed E-state index contributed by atoms with van der Waals surface area (Å²) in [5.74, 6) is 0. The van der Waals surface area contributed by atoms with E-state index in [4.69, 9.17) is 0 Å². The first-order chi connectivity index (χ1) is 12.2. The largest absolute Gasteiger partial charge is 0.464 e. The van der Waals surface area contributed by atoms with Crippen LogP contribution in [0.3, 0.4) is 0 Å². The Morgan fingerprint density at radius 1 is 0.760 bits per heavy atom. The summed E-state index contributed by atoms with van der Waals surface area (Å²) in [6, 6.07) is 28.6. The van der Waals surface area contributed by atoms with Crippen LogP contribution in [-0.2, 0) is 6.54 Å². The zero-order valence-corrected chi connectivity index (χ0v) is 13.6. The zero-order valence-electron chi connectivity index (χ0n) is 13.6. The van der Waals surface area contributed by atoms with Crippen LogP contribution in [-0.4, -0.2) is 21.9 Å². The Hall–Kier alpha value is -3.40. The minimum atomic E-state index is -1.09. The van der Waals surface area contributed by atoms with Gasteiger partial charge in [0.1, 0.15) is 0 Å². The molecule has 0 heterocycles. The molecule has 0 radical (unpaired) electrons. The van der Waals surface area contributed by atoms with Gasteiger partial charge >= 0.3 is 6.09 Å². The fraction of sp³-hybridized carbons (Fsp3) is 0.0476. The Balaban J connectivity index is 2.02. The third kappa shape index (κ3) is 4.32. The predicted octanol–water partition coefficient (Wildman–Crippen LogP) is 4.62. The quantitative estimate of drug-likeness (QED) is 0.548. The first-order valence-electron chi connectivity index (χ1n) is 7.98. The predicted molar refractivity (Wildman–Crippen MR) is 98.5 cm³/mol. The SMILES string of the molecule is O=C(O)N(Cc1ccccc1)N=C(c1ccccc1)c1ccccc1. The van der Waals surface area contributed by atoms with Crippen LogP contribution in [0.15, 0.2) is 96.1 Å². The fourth-order valence-corrected chi connectivity index (χ4v) is 2.50. The van der Waals surface area contributed by atoms with Crippen molar-refractivity contribution in [1.29, 1.82) is 0 Å². The normalized spacial score (nSPS) is 10.1. The van der Waals surface area contributed by atoms with Gasteiger partial charge in [-0.25, -0.2) is 4.79 Å². The second-order valence-corrected chi connectivity index (χ2v) is 5.51. The van der Waals surface area contributed by atoms with Crippen LogP contribution in [0.5, 0.6) is 0 Å². The standard InChI is InChI=1S/C21H18N2O2/c24-21(25)23(16-17-10-4-1-5-11-17)22-20(18-12-6-2-7-13-18)19-14-8-3-9-15-19/h1-15H,16H2,(H,24,25). The molecule has 4 heteroatoms. The molecule has 0 aliphatic carbocycles. The summed E-state index contributed by atoms with van der Waals surface area (Å²) in [6.45, 7) is 0.194. The molecule has 0 unspecified atom stereocenters. The molecule has 4 nitrogen and oxygen atoms in total. The van der Waals surface area contributed by atoms with Crippen LogP contribution in [0.2, 0.25) is 0 Å². The molecule has 0 aliphatic rings. The number of rotatable bonds is 5. The molecule has 3 aromatic rings. The Kier molecular flexibility index (Phi) is 5.22. The molecule has 0 bridgehead atoms. The molecule has 3 aromatic carbocycles. The Morgan fingerprint density at radius 3 is 1.64 bits per heavy atom. The smallest absolute Gasteiger partial charge is 0.428 e. The van der Waals surface area contributed by atoms with Gasteiger partial charge in [-0.2, -0.15) is 10.1 Å². The van der Waals surface area contributed by atoms with E-state index in [-0.39, 0.29) is 6.54 Å². The molecular weight excluding hydrogens is 312 g/mol. The summed E-state index contributed by atoms with van der Waals surface area (Å²) in [5, 5.41) is 15.1. The molecule has 1 amide bonds. The fourth-order valence-electron chi connectivity index (χ4n) is 2.50. The van der Waals surface area contributed by atoms with Gasteiger partial charge in [-0.1, -0.05) is 91.0 Å². The molecule has 0 aromatic heterocycles. The van der Waals surface area contributed by atoms with Gasteiger partial charge in [0.05, 0.1) is 12.3 Å². The molecule has 0 spiro atoms. The Labute approximate surface area is 146 Å². The van der Waals surface area contributed by atoms with Crippen LogP contribution in [0.4, 0.5) is 4.79 Å². The van der Waals surface area contributed by atoms with E-state index < -0.39 is 6.09 Å². The summed E-state index contributed by atoms with van der Waals surface area (Å²) >= 11 is 0. The molecule has 124 valence electrons. The van der Waals surface area contributed by atoms with Crippen molar-refractivity contribution in [2.75, 3.05) is 0 Å². The lowest BCUT2D eigenvalue weighted by molar-refractivity contribution is 0.144. The summed E-state index contributed by atoms with van der Waals surface area (Å²) < 4.78 is 0. The average molecular weight is 330 g/mol. The molecule has 0 atom stereocenters. The van der Waals surface area contributed by atoms with Gasteiger partial charge in [0, 0.05) is 11.1 Å². The van der Waals surface area contributed by atoms with E-state index in [1.54, 1.807) is 0 Å². The highest BCUT2D eigenvalue weighted by Gasteiger charge is 2.15. The molecule has 0 saturated heterocycles. The van der Waals surface area contributed by atoms with E-state index in [1.807, 2.05) is 91.0 Å². The lowest BCUT2D eigenvalue weighted by Crippen LogP contribution is -2.25. The molecule has 1 N–H and O–H groups in total. The number of benzene rings is 3. The zero-order chi connectivity index (χ0) is 17.5. The van der Waals surface area contributed by atoms with E-state index in [2.05, 4.69) is 5.10 Å². The highest BCUT2D eigenvalue weighted by atomic mass is 16.4. The minimum absolute atomic E-state index is 0.194. The van der Waals surface area contributed by atoms with Crippen LogP contribution in [0.25, 0.3) is 0 Å². The number of carboxylic acid groups (broad SMARTS) is 1. The molecule has 25 heavy (non-hydrogen) atoms. The second-order valence-electron chi connectivity index (χ2n) is 5.51. The Morgan fingerprint density at radius 2 is 1.20 bits per heavy atom. The van der Waals surface area contributed by atoms with Gasteiger partial charge in [-0.05, 0) is 5.56 Å². The molecular formula is C21H18N2O2. The molecule has 0 fully saturated rings. The van der Waals surface area contributed by atoms with Crippen LogP contribution in [0, 0.1) is 0 Å². The van der Waals surface area contributed by atoms with Crippen molar-refractivity contribution in [3.63, 3.8) is 0 Å². The van der Waals surface area contributed by atoms with E-state index in [0.29, 0.717) is 5.71 Å². The highest BCUT2D eigenvalue weighted by molar-refractivity contribution is 6.13. The van der Waals surface area contributed by atoms with E-state index >= 15 is 0 Å². The van der Waals surface area contributed by atoms with Crippen LogP contribution < -0.4 is 0 Å². The number of nitrogens with zero attached hydrogens (tertiary/aromatic N) is 2. The Bertz CT molecular complexity index is 805. The topological polar surface area (TPSA) is 52.9 Å². The van der Waals surface area contributed by atoms with E-state index in [1.165, 1.54) is 0 Å². The monoisotopic (exact) mass is 330 g/mol. The number of hydrogen-bond acceptors (Lipinski definition) is 2. The summed E-state index contributed by atoms with van der Waals surface area (Å²) in [7, 11) is 0. The van der Waals surface area contributed by atoms with E-state index in [9.17, 15) is 9.90 Å². The average Bonchev–Trinajstić information content (AvgIpc) is 2.67. The minimum Gasteiger partial charge on any atom is -0.464 e. The van der Waals surface area contributed by atoms with Gasteiger partial charge in [-0.3, -0.25) is 0 Å². The van der Waals surface area contributed by atoms with E-state index in [0.717, 1.165) is 21.7 Å². The second kappa shape index (κ2) is 7.93. The first-order valence-corrected chi connectivity index (χ1v) is 7.98. The number of carbonyl (C=O) groups is 1. The number of hydrogen-bond donors (Lipinski definition) is 1. The lowest BCUT2D eigenvalue weighted by Gasteiger charge is -2.16. The van der Waals surface area contributed by atoms with Crippen molar-refractivity contribution in [3.05, 3.63) is 108 Å². The molecule has 0 saturated carbocycles. The lowest BCUT2D eigenvalue weighted by atomic mass is 10.0. The van der Waals surface area contributed by atoms with Gasteiger partial charge < -0.3 is 5.11 Å². The van der Waals surface area contributed by atoms with Crippen LogP contribution in [0.1, 0.15) is 16.7 Å².